The Kier molecular flexibility index (Phi) is 4.48. The van der Waals surface area contributed by atoms with Gasteiger partial charge in [0, 0.05) is 18.6 Å². The van der Waals surface area contributed by atoms with Gasteiger partial charge >= 0.3 is 0 Å². The van der Waals surface area contributed by atoms with Gasteiger partial charge in [-0.15, -0.1) is 0 Å². The molecule has 100 valence electrons. The first-order valence-corrected chi connectivity index (χ1v) is 7.64. The molecule has 2 unspecified atom stereocenters. The van der Waals surface area contributed by atoms with E-state index in [-0.39, 0.29) is 0 Å². The Labute approximate surface area is 107 Å². The minimum Gasteiger partial charge on any atom is -0.317 e. The molecule has 1 heterocycles. The van der Waals surface area contributed by atoms with Gasteiger partial charge in [-0.25, -0.2) is 0 Å². The van der Waals surface area contributed by atoms with Crippen molar-refractivity contribution in [2.75, 3.05) is 20.1 Å². The van der Waals surface area contributed by atoms with E-state index in [0.29, 0.717) is 5.41 Å². The SMILES string of the molecule is CCC1(CC)CCN(C2CCCC(NC)C2)C1. The van der Waals surface area contributed by atoms with Crippen molar-refractivity contribution in [3.05, 3.63) is 0 Å². The molecule has 0 aromatic rings. The molecule has 2 fully saturated rings. The number of likely N-dealkylation sites (tertiary alicyclic amines) is 1. The van der Waals surface area contributed by atoms with Crippen LogP contribution in [0.4, 0.5) is 0 Å². The van der Waals surface area contributed by atoms with Crippen molar-refractivity contribution in [1.29, 1.82) is 0 Å². The molecule has 0 aromatic heterocycles. The summed E-state index contributed by atoms with van der Waals surface area (Å²) >= 11 is 0. The molecule has 0 amide bonds. The highest BCUT2D eigenvalue weighted by molar-refractivity contribution is 4.93. The van der Waals surface area contributed by atoms with Gasteiger partial charge < -0.3 is 5.32 Å². The third kappa shape index (κ3) is 2.85. The first-order valence-electron chi connectivity index (χ1n) is 7.64. The summed E-state index contributed by atoms with van der Waals surface area (Å²) in [6, 6.07) is 1.63. The number of rotatable bonds is 4. The van der Waals surface area contributed by atoms with E-state index in [2.05, 4.69) is 31.1 Å². The smallest absolute Gasteiger partial charge is 0.0110 e. The van der Waals surface area contributed by atoms with Crippen LogP contribution < -0.4 is 5.32 Å². The lowest BCUT2D eigenvalue weighted by Crippen LogP contribution is -2.43. The Morgan fingerprint density at radius 2 is 2.00 bits per heavy atom. The summed E-state index contributed by atoms with van der Waals surface area (Å²) in [7, 11) is 2.12. The Morgan fingerprint density at radius 3 is 2.59 bits per heavy atom. The molecule has 2 nitrogen and oxygen atoms in total. The molecule has 1 aliphatic carbocycles. The van der Waals surface area contributed by atoms with Gasteiger partial charge in [0.1, 0.15) is 0 Å². The second-order valence-electron chi connectivity index (χ2n) is 6.23. The Balaban J connectivity index is 1.91. The number of nitrogens with one attached hydrogen (secondary N) is 1. The van der Waals surface area contributed by atoms with Crippen molar-refractivity contribution < 1.29 is 0 Å². The summed E-state index contributed by atoms with van der Waals surface area (Å²) in [5.74, 6) is 0. The summed E-state index contributed by atoms with van der Waals surface area (Å²) in [5, 5.41) is 3.48. The molecule has 0 aromatic carbocycles. The first kappa shape index (κ1) is 13.4. The molecule has 0 spiro atoms. The van der Waals surface area contributed by atoms with Crippen molar-refractivity contribution in [3.8, 4) is 0 Å². The molecular formula is C15H30N2. The van der Waals surface area contributed by atoms with Crippen molar-refractivity contribution in [2.24, 2.45) is 5.41 Å². The lowest BCUT2D eigenvalue weighted by molar-refractivity contribution is 0.146. The highest BCUT2D eigenvalue weighted by Gasteiger charge is 2.38. The fourth-order valence-electron chi connectivity index (χ4n) is 3.87. The minimum absolute atomic E-state index is 0.645. The van der Waals surface area contributed by atoms with Crippen LogP contribution in [0.25, 0.3) is 0 Å². The normalized spacial score (nSPS) is 34.1. The lowest BCUT2D eigenvalue weighted by Gasteiger charge is -2.36. The van der Waals surface area contributed by atoms with Crippen molar-refractivity contribution in [3.63, 3.8) is 0 Å². The summed E-state index contributed by atoms with van der Waals surface area (Å²) in [5.41, 5.74) is 0.645. The van der Waals surface area contributed by atoms with Gasteiger partial charge in [-0.3, -0.25) is 4.90 Å². The molecule has 0 bridgehead atoms. The van der Waals surface area contributed by atoms with Crippen molar-refractivity contribution in [1.82, 2.24) is 10.2 Å². The molecule has 1 saturated carbocycles. The third-order valence-corrected chi connectivity index (χ3v) is 5.54. The topological polar surface area (TPSA) is 15.3 Å². The maximum absolute atomic E-state index is 3.48. The van der Waals surface area contributed by atoms with Crippen LogP contribution in [0.2, 0.25) is 0 Å². The first-order chi connectivity index (χ1) is 8.23. The van der Waals surface area contributed by atoms with Crippen LogP contribution in [0.15, 0.2) is 0 Å². The molecule has 17 heavy (non-hydrogen) atoms. The van der Waals surface area contributed by atoms with E-state index in [9.17, 15) is 0 Å². The van der Waals surface area contributed by atoms with E-state index in [1.165, 1.54) is 58.0 Å². The molecule has 1 saturated heterocycles. The Morgan fingerprint density at radius 1 is 1.24 bits per heavy atom. The van der Waals surface area contributed by atoms with Crippen LogP contribution in [-0.2, 0) is 0 Å². The molecule has 0 radical (unpaired) electrons. The third-order valence-electron chi connectivity index (χ3n) is 5.54. The van der Waals surface area contributed by atoms with Crippen LogP contribution >= 0.6 is 0 Å². The van der Waals surface area contributed by atoms with Gasteiger partial charge in [0.25, 0.3) is 0 Å². The van der Waals surface area contributed by atoms with Crippen molar-refractivity contribution >= 4 is 0 Å². The maximum Gasteiger partial charge on any atom is 0.0110 e. The van der Waals surface area contributed by atoms with Gasteiger partial charge in [0.2, 0.25) is 0 Å². The van der Waals surface area contributed by atoms with Gasteiger partial charge in [-0.1, -0.05) is 20.3 Å². The molecule has 1 N–H and O–H groups in total. The highest BCUT2D eigenvalue weighted by atomic mass is 15.2. The standard InChI is InChI=1S/C15H30N2/c1-4-15(5-2)9-10-17(12-15)14-8-6-7-13(11-14)16-3/h13-14,16H,4-12H2,1-3H3. The van der Waals surface area contributed by atoms with Gasteiger partial charge in [0.15, 0.2) is 0 Å². The van der Waals surface area contributed by atoms with Gasteiger partial charge in [0.05, 0.1) is 0 Å². The fourth-order valence-corrected chi connectivity index (χ4v) is 3.87. The van der Waals surface area contributed by atoms with E-state index < -0.39 is 0 Å². The van der Waals surface area contributed by atoms with E-state index in [1.807, 2.05) is 0 Å². The van der Waals surface area contributed by atoms with E-state index in [4.69, 9.17) is 0 Å². The Bertz CT molecular complexity index is 235. The van der Waals surface area contributed by atoms with E-state index >= 15 is 0 Å². The number of hydrogen-bond acceptors (Lipinski definition) is 2. The van der Waals surface area contributed by atoms with Crippen LogP contribution in [0.1, 0.15) is 58.8 Å². The summed E-state index contributed by atoms with van der Waals surface area (Å²) in [6.45, 7) is 7.47. The fraction of sp³-hybridized carbons (Fsp3) is 1.00. The predicted molar refractivity (Wildman–Crippen MR) is 74.3 cm³/mol. The zero-order valence-electron chi connectivity index (χ0n) is 12.0. The van der Waals surface area contributed by atoms with E-state index in [1.54, 1.807) is 0 Å². The molecule has 2 heteroatoms. The molecule has 2 rings (SSSR count). The molecular weight excluding hydrogens is 208 g/mol. The predicted octanol–water partition coefficient (Wildman–Crippen LogP) is 3.03. The van der Waals surface area contributed by atoms with Gasteiger partial charge in [-0.05, 0) is 57.5 Å². The molecule has 1 aliphatic heterocycles. The summed E-state index contributed by atoms with van der Waals surface area (Å²) in [6.07, 6.45) is 9.76. The van der Waals surface area contributed by atoms with Crippen molar-refractivity contribution in [2.45, 2.75) is 70.9 Å². The number of nitrogens with zero attached hydrogens (tertiary/aromatic N) is 1. The van der Waals surface area contributed by atoms with E-state index in [0.717, 1.165) is 12.1 Å². The van der Waals surface area contributed by atoms with Crippen LogP contribution in [0.5, 0.6) is 0 Å². The summed E-state index contributed by atoms with van der Waals surface area (Å²) in [4.78, 5) is 2.80. The van der Waals surface area contributed by atoms with Crippen LogP contribution in [0.3, 0.4) is 0 Å². The lowest BCUT2D eigenvalue weighted by atomic mass is 9.81. The quantitative estimate of drug-likeness (QED) is 0.810. The van der Waals surface area contributed by atoms with Crippen LogP contribution in [0, 0.1) is 5.41 Å². The number of hydrogen-bond donors (Lipinski definition) is 1. The monoisotopic (exact) mass is 238 g/mol. The molecule has 2 atom stereocenters. The highest BCUT2D eigenvalue weighted by Crippen LogP contribution is 2.39. The average molecular weight is 238 g/mol. The average Bonchev–Trinajstić information content (AvgIpc) is 2.84. The molecule has 2 aliphatic rings. The zero-order chi connectivity index (χ0) is 12.3. The minimum atomic E-state index is 0.645. The Hall–Kier alpha value is -0.0800. The van der Waals surface area contributed by atoms with Gasteiger partial charge in [-0.2, -0.15) is 0 Å². The summed E-state index contributed by atoms with van der Waals surface area (Å²) < 4.78 is 0. The maximum atomic E-state index is 3.48. The van der Waals surface area contributed by atoms with Crippen LogP contribution in [-0.4, -0.2) is 37.1 Å². The second kappa shape index (κ2) is 5.71. The zero-order valence-corrected chi connectivity index (χ0v) is 12.0. The largest absolute Gasteiger partial charge is 0.317 e. The second-order valence-corrected chi connectivity index (χ2v) is 6.23.